The smallest absolute Gasteiger partial charge is 0.308 e. The number of esters is 1. The van der Waals surface area contributed by atoms with Gasteiger partial charge in [-0.3, -0.25) is 8.98 Å². The molecule has 0 aliphatic rings. The maximum absolute atomic E-state index is 11.8. The maximum atomic E-state index is 11.8. The molecule has 1 rings (SSSR count). The summed E-state index contributed by atoms with van der Waals surface area (Å²) in [6, 6.07) is 8.83. The molecule has 0 amide bonds. The average molecular weight is 388 g/mol. The van der Waals surface area contributed by atoms with Gasteiger partial charge in [0.15, 0.2) is 0 Å². The Hall–Kier alpha value is -1.48. The van der Waals surface area contributed by atoms with Crippen molar-refractivity contribution in [3.05, 3.63) is 35.9 Å². The summed E-state index contributed by atoms with van der Waals surface area (Å²) in [5.74, 6) is -0.475. The van der Waals surface area contributed by atoms with Crippen LogP contribution in [0.25, 0.3) is 0 Å². The zero-order valence-corrected chi connectivity index (χ0v) is 16.4. The van der Waals surface area contributed by atoms with Gasteiger partial charge in [0.25, 0.3) is 10.1 Å². The van der Waals surface area contributed by atoms with E-state index in [0.717, 1.165) is 0 Å². The lowest BCUT2D eigenvalue weighted by molar-refractivity contribution is -0.156. The second kappa shape index (κ2) is 11.3. The topological polar surface area (TPSA) is 88.1 Å². The van der Waals surface area contributed by atoms with Gasteiger partial charge in [-0.2, -0.15) is 8.42 Å². The van der Waals surface area contributed by atoms with Crippen molar-refractivity contribution in [1.82, 2.24) is 0 Å². The lowest BCUT2D eigenvalue weighted by atomic mass is 10.2. The molecular weight excluding hydrogens is 360 g/mol. The van der Waals surface area contributed by atoms with Crippen molar-refractivity contribution < 1.29 is 31.6 Å². The van der Waals surface area contributed by atoms with Crippen LogP contribution in [0.1, 0.15) is 32.8 Å². The molecule has 0 aliphatic carbocycles. The summed E-state index contributed by atoms with van der Waals surface area (Å²) >= 11 is 0. The first-order valence-electron chi connectivity index (χ1n) is 8.46. The van der Waals surface area contributed by atoms with Gasteiger partial charge in [0.2, 0.25) is 0 Å². The molecule has 0 unspecified atom stereocenters. The fourth-order valence-corrected chi connectivity index (χ4v) is 2.92. The fourth-order valence-electron chi connectivity index (χ4n) is 1.91. The second-order valence-corrected chi connectivity index (χ2v) is 8.21. The van der Waals surface area contributed by atoms with Gasteiger partial charge in [-0.15, -0.1) is 0 Å². The number of carbonyl (C=O) groups excluding carboxylic acids is 1. The molecule has 26 heavy (non-hydrogen) atoms. The molecule has 7 nitrogen and oxygen atoms in total. The van der Waals surface area contributed by atoms with Gasteiger partial charge in [-0.1, -0.05) is 30.3 Å². The zero-order chi connectivity index (χ0) is 19.5. The highest BCUT2D eigenvalue weighted by molar-refractivity contribution is 7.85. The van der Waals surface area contributed by atoms with Gasteiger partial charge in [-0.05, 0) is 26.3 Å². The van der Waals surface area contributed by atoms with E-state index in [1.807, 2.05) is 26.8 Å². The largest absolute Gasteiger partial charge is 0.460 e. The second-order valence-electron chi connectivity index (χ2n) is 6.57. The van der Waals surface area contributed by atoms with Crippen molar-refractivity contribution in [2.45, 2.75) is 38.5 Å². The Balaban J connectivity index is 2.01. The van der Waals surface area contributed by atoms with Crippen LogP contribution in [-0.2, 0) is 39.1 Å². The number of hydrogen-bond acceptors (Lipinski definition) is 7. The third kappa shape index (κ3) is 12.0. The zero-order valence-electron chi connectivity index (χ0n) is 15.6. The van der Waals surface area contributed by atoms with Crippen molar-refractivity contribution in [1.29, 1.82) is 0 Å². The van der Waals surface area contributed by atoms with E-state index in [1.54, 1.807) is 24.3 Å². The first-order chi connectivity index (χ1) is 12.2. The summed E-state index contributed by atoms with van der Waals surface area (Å²) in [5, 5.41) is 0. The van der Waals surface area contributed by atoms with Crippen molar-refractivity contribution in [3.8, 4) is 0 Å². The molecule has 0 bridgehead atoms. The molecule has 0 aromatic heterocycles. The summed E-state index contributed by atoms with van der Waals surface area (Å²) < 4.78 is 44.1. The predicted octanol–water partition coefficient (Wildman–Crippen LogP) is 2.30. The quantitative estimate of drug-likeness (QED) is 0.308. The SMILES string of the molecule is CC(C)(C)OC(=O)CCOCCOCCOS(=O)(=O)Cc1ccccc1. The van der Waals surface area contributed by atoms with Crippen molar-refractivity contribution in [2.24, 2.45) is 0 Å². The van der Waals surface area contributed by atoms with Crippen LogP contribution in [0, 0.1) is 0 Å². The highest BCUT2D eigenvalue weighted by Crippen LogP contribution is 2.08. The molecule has 0 aliphatic heterocycles. The standard InChI is InChI=1S/C18H28O7S/c1-18(2,3)25-17(19)9-10-22-11-12-23-13-14-24-26(20,21)15-16-7-5-4-6-8-16/h4-8H,9-15H2,1-3H3. The lowest BCUT2D eigenvalue weighted by Crippen LogP contribution is -2.24. The van der Waals surface area contributed by atoms with E-state index in [4.69, 9.17) is 18.4 Å². The Morgan fingerprint density at radius 1 is 0.923 bits per heavy atom. The van der Waals surface area contributed by atoms with E-state index < -0.39 is 15.7 Å². The van der Waals surface area contributed by atoms with E-state index in [9.17, 15) is 13.2 Å². The molecule has 0 radical (unpaired) electrons. The molecule has 148 valence electrons. The molecule has 0 fully saturated rings. The van der Waals surface area contributed by atoms with Crippen LogP contribution in [0.2, 0.25) is 0 Å². The van der Waals surface area contributed by atoms with Crippen molar-refractivity contribution in [3.63, 3.8) is 0 Å². The van der Waals surface area contributed by atoms with Gasteiger partial charge in [0.05, 0.1) is 39.5 Å². The first-order valence-corrected chi connectivity index (χ1v) is 10.0. The third-order valence-corrected chi connectivity index (χ3v) is 4.13. The molecular formula is C18H28O7S. The molecule has 1 aromatic carbocycles. The van der Waals surface area contributed by atoms with E-state index in [1.165, 1.54) is 0 Å². The Morgan fingerprint density at radius 3 is 2.12 bits per heavy atom. The summed E-state index contributed by atoms with van der Waals surface area (Å²) in [7, 11) is -3.62. The summed E-state index contributed by atoms with van der Waals surface area (Å²) in [4.78, 5) is 11.5. The summed E-state index contributed by atoms with van der Waals surface area (Å²) in [6.45, 7) is 6.36. The Morgan fingerprint density at radius 2 is 1.50 bits per heavy atom. The average Bonchev–Trinajstić information content (AvgIpc) is 2.52. The molecule has 1 aromatic rings. The Bertz CT molecular complexity index is 621. The highest BCUT2D eigenvalue weighted by atomic mass is 32.2. The van der Waals surface area contributed by atoms with Crippen molar-refractivity contribution >= 4 is 16.1 Å². The van der Waals surface area contributed by atoms with E-state index in [-0.39, 0.29) is 44.6 Å². The molecule has 0 saturated heterocycles. The van der Waals surface area contributed by atoms with Crippen LogP contribution in [0.15, 0.2) is 30.3 Å². The monoisotopic (exact) mass is 388 g/mol. The highest BCUT2D eigenvalue weighted by Gasteiger charge is 2.15. The molecule has 8 heteroatoms. The van der Waals surface area contributed by atoms with E-state index in [0.29, 0.717) is 12.2 Å². The van der Waals surface area contributed by atoms with Crippen LogP contribution in [-0.4, -0.2) is 53.0 Å². The normalized spacial score (nSPS) is 12.1. The number of carbonyl (C=O) groups is 1. The van der Waals surface area contributed by atoms with E-state index in [2.05, 4.69) is 0 Å². The summed E-state index contributed by atoms with van der Waals surface area (Å²) in [6.07, 6.45) is 0.179. The summed E-state index contributed by atoms with van der Waals surface area (Å²) in [5.41, 5.74) is 0.174. The molecule has 0 saturated carbocycles. The lowest BCUT2D eigenvalue weighted by Gasteiger charge is -2.19. The van der Waals surface area contributed by atoms with Gasteiger partial charge in [0.1, 0.15) is 11.4 Å². The van der Waals surface area contributed by atoms with Crippen LogP contribution in [0.3, 0.4) is 0 Å². The number of benzene rings is 1. The number of hydrogen-bond donors (Lipinski definition) is 0. The van der Waals surface area contributed by atoms with E-state index >= 15 is 0 Å². The Labute approximate surface area is 155 Å². The maximum Gasteiger partial charge on any atom is 0.308 e. The minimum Gasteiger partial charge on any atom is -0.460 e. The van der Waals surface area contributed by atoms with Crippen molar-refractivity contribution in [2.75, 3.05) is 33.0 Å². The minimum absolute atomic E-state index is 0.0485. The molecule has 0 spiro atoms. The van der Waals surface area contributed by atoms with Gasteiger partial charge < -0.3 is 14.2 Å². The van der Waals surface area contributed by atoms with Gasteiger partial charge in [0, 0.05) is 0 Å². The first kappa shape index (κ1) is 22.6. The van der Waals surface area contributed by atoms with Gasteiger partial charge >= 0.3 is 5.97 Å². The van der Waals surface area contributed by atoms with Crippen LogP contribution < -0.4 is 0 Å². The molecule has 0 atom stereocenters. The number of ether oxygens (including phenoxy) is 3. The molecule has 0 heterocycles. The third-order valence-electron chi connectivity index (χ3n) is 2.92. The fraction of sp³-hybridized carbons (Fsp3) is 0.611. The molecule has 0 N–H and O–H groups in total. The van der Waals surface area contributed by atoms with Gasteiger partial charge in [-0.25, -0.2) is 0 Å². The van der Waals surface area contributed by atoms with Crippen LogP contribution in [0.4, 0.5) is 0 Å². The van der Waals surface area contributed by atoms with Crippen LogP contribution in [0.5, 0.6) is 0 Å². The predicted molar refractivity (Wildman–Crippen MR) is 97.1 cm³/mol. The van der Waals surface area contributed by atoms with Crippen LogP contribution >= 0.6 is 0 Å². The number of rotatable bonds is 12. The minimum atomic E-state index is -3.62. The Kier molecular flexibility index (Phi) is 9.79.